The standard InChI is InChI=1S/C21H32BNO4/c1-13(2)23-16-11-14(22-26-20(6,7)21(8,9)27-22)10-15(19(3,4)5)18(16)25-12-17(23)24/h10-11,13H,12H2,1-9H3. The second-order valence-electron chi connectivity index (χ2n) is 9.90. The van der Waals surface area contributed by atoms with E-state index < -0.39 is 18.3 Å². The highest BCUT2D eigenvalue weighted by Crippen LogP contribution is 2.43. The van der Waals surface area contributed by atoms with Crippen LogP contribution in [-0.2, 0) is 19.5 Å². The van der Waals surface area contributed by atoms with Crippen LogP contribution in [0.4, 0.5) is 5.69 Å². The first-order valence-corrected chi connectivity index (χ1v) is 9.73. The number of amides is 1. The number of anilines is 1. The third-order valence-electron chi connectivity index (χ3n) is 5.81. The highest BCUT2D eigenvalue weighted by Gasteiger charge is 2.52. The molecular weight excluding hydrogens is 341 g/mol. The third-order valence-corrected chi connectivity index (χ3v) is 5.81. The predicted molar refractivity (Wildman–Crippen MR) is 109 cm³/mol. The average Bonchev–Trinajstić information content (AvgIpc) is 2.72. The van der Waals surface area contributed by atoms with Crippen molar-refractivity contribution >= 4 is 24.2 Å². The van der Waals surface area contributed by atoms with E-state index in [2.05, 4.69) is 26.8 Å². The van der Waals surface area contributed by atoms with Crippen molar-refractivity contribution < 1.29 is 18.8 Å². The Kier molecular flexibility index (Phi) is 4.68. The van der Waals surface area contributed by atoms with Crippen LogP contribution in [0.1, 0.15) is 67.9 Å². The lowest BCUT2D eigenvalue weighted by atomic mass is 9.74. The summed E-state index contributed by atoms with van der Waals surface area (Å²) in [5.74, 6) is 0.763. The number of rotatable bonds is 2. The maximum Gasteiger partial charge on any atom is 0.494 e. The first-order valence-electron chi connectivity index (χ1n) is 9.73. The molecule has 1 aromatic rings. The van der Waals surface area contributed by atoms with Crippen molar-refractivity contribution in [3.8, 4) is 5.75 Å². The second-order valence-corrected chi connectivity index (χ2v) is 9.90. The molecule has 0 bridgehead atoms. The van der Waals surface area contributed by atoms with Crippen molar-refractivity contribution in [3.63, 3.8) is 0 Å². The molecule has 1 aromatic carbocycles. The predicted octanol–water partition coefficient (Wildman–Crippen LogP) is 3.42. The van der Waals surface area contributed by atoms with E-state index in [9.17, 15) is 4.79 Å². The Morgan fingerprint density at radius 3 is 2.11 bits per heavy atom. The van der Waals surface area contributed by atoms with Crippen LogP contribution in [0.25, 0.3) is 0 Å². The van der Waals surface area contributed by atoms with Gasteiger partial charge in [-0.2, -0.15) is 0 Å². The van der Waals surface area contributed by atoms with E-state index in [4.69, 9.17) is 14.0 Å². The molecule has 27 heavy (non-hydrogen) atoms. The van der Waals surface area contributed by atoms with Gasteiger partial charge in [0, 0.05) is 11.6 Å². The van der Waals surface area contributed by atoms with Gasteiger partial charge in [0.25, 0.3) is 5.91 Å². The van der Waals surface area contributed by atoms with Gasteiger partial charge in [0.1, 0.15) is 5.75 Å². The zero-order chi connectivity index (χ0) is 20.4. The molecule has 3 rings (SSSR count). The molecule has 6 heteroatoms. The molecule has 0 spiro atoms. The minimum absolute atomic E-state index is 0.0246. The van der Waals surface area contributed by atoms with Gasteiger partial charge < -0.3 is 18.9 Å². The summed E-state index contributed by atoms with van der Waals surface area (Å²) in [7, 11) is -0.479. The fraction of sp³-hybridized carbons (Fsp3) is 0.667. The summed E-state index contributed by atoms with van der Waals surface area (Å²) in [6, 6.07) is 4.14. The van der Waals surface area contributed by atoms with Gasteiger partial charge in [0.2, 0.25) is 0 Å². The van der Waals surface area contributed by atoms with Crippen molar-refractivity contribution in [3.05, 3.63) is 17.7 Å². The van der Waals surface area contributed by atoms with E-state index in [-0.39, 0.29) is 24.0 Å². The lowest BCUT2D eigenvalue weighted by Crippen LogP contribution is -2.45. The molecule has 0 unspecified atom stereocenters. The number of benzene rings is 1. The van der Waals surface area contributed by atoms with E-state index >= 15 is 0 Å². The lowest BCUT2D eigenvalue weighted by Gasteiger charge is -2.36. The van der Waals surface area contributed by atoms with Crippen LogP contribution in [0.5, 0.6) is 5.75 Å². The third kappa shape index (κ3) is 3.38. The Labute approximate surface area is 163 Å². The number of nitrogens with zero attached hydrogens (tertiary/aromatic N) is 1. The highest BCUT2D eigenvalue weighted by atomic mass is 16.7. The summed E-state index contributed by atoms with van der Waals surface area (Å²) in [5, 5.41) is 0. The Hall–Kier alpha value is -1.53. The van der Waals surface area contributed by atoms with Crippen molar-refractivity contribution in [2.75, 3.05) is 11.5 Å². The molecule has 5 nitrogen and oxygen atoms in total. The molecule has 2 aliphatic heterocycles. The maximum absolute atomic E-state index is 12.5. The number of hydrogen-bond acceptors (Lipinski definition) is 4. The fourth-order valence-electron chi connectivity index (χ4n) is 3.54. The molecule has 2 aliphatic rings. The van der Waals surface area contributed by atoms with E-state index in [1.54, 1.807) is 0 Å². The molecule has 0 saturated carbocycles. The Balaban J connectivity index is 2.16. The van der Waals surface area contributed by atoms with Crippen LogP contribution >= 0.6 is 0 Å². The van der Waals surface area contributed by atoms with Crippen LogP contribution in [0.3, 0.4) is 0 Å². The number of fused-ring (bicyclic) bond motifs is 1. The van der Waals surface area contributed by atoms with Gasteiger partial charge in [-0.05, 0) is 58.5 Å². The van der Waals surface area contributed by atoms with E-state index in [1.807, 2.05) is 52.5 Å². The maximum atomic E-state index is 12.5. The van der Waals surface area contributed by atoms with Crippen LogP contribution in [0.2, 0.25) is 0 Å². The molecule has 2 heterocycles. The van der Waals surface area contributed by atoms with Crippen molar-refractivity contribution in [1.82, 2.24) is 0 Å². The summed E-state index contributed by atoms with van der Waals surface area (Å²) >= 11 is 0. The molecular formula is C21H32BNO4. The summed E-state index contributed by atoms with van der Waals surface area (Å²) in [4.78, 5) is 14.4. The van der Waals surface area contributed by atoms with Crippen molar-refractivity contribution in [2.45, 2.75) is 85.0 Å². The largest absolute Gasteiger partial charge is 0.494 e. The fourth-order valence-corrected chi connectivity index (χ4v) is 3.54. The first-order chi connectivity index (χ1) is 12.2. The second kappa shape index (κ2) is 6.24. The SMILES string of the molecule is CC(C)N1C(=O)COc2c1cc(B1OC(C)(C)C(C)(C)O1)cc2C(C)(C)C. The van der Waals surface area contributed by atoms with Gasteiger partial charge in [-0.25, -0.2) is 0 Å². The van der Waals surface area contributed by atoms with Gasteiger partial charge in [-0.1, -0.05) is 26.8 Å². The molecule has 1 fully saturated rings. The molecule has 1 saturated heterocycles. The van der Waals surface area contributed by atoms with Crippen molar-refractivity contribution in [1.29, 1.82) is 0 Å². The van der Waals surface area contributed by atoms with E-state index in [1.165, 1.54) is 0 Å². The number of hydrogen-bond donors (Lipinski definition) is 0. The summed E-state index contributed by atoms with van der Waals surface area (Å²) in [6.07, 6.45) is 0. The zero-order valence-corrected chi connectivity index (χ0v) is 18.1. The highest BCUT2D eigenvalue weighted by molar-refractivity contribution is 6.62. The Morgan fingerprint density at radius 2 is 1.63 bits per heavy atom. The minimum atomic E-state index is -0.479. The van der Waals surface area contributed by atoms with Gasteiger partial charge >= 0.3 is 7.12 Å². The van der Waals surface area contributed by atoms with Gasteiger partial charge in [0.15, 0.2) is 6.61 Å². The van der Waals surface area contributed by atoms with Crippen LogP contribution in [0, 0.1) is 0 Å². The van der Waals surface area contributed by atoms with Crippen molar-refractivity contribution in [2.24, 2.45) is 0 Å². The van der Waals surface area contributed by atoms with Gasteiger partial charge in [-0.15, -0.1) is 0 Å². The van der Waals surface area contributed by atoms with Gasteiger partial charge in [-0.3, -0.25) is 4.79 Å². The molecule has 0 atom stereocenters. The van der Waals surface area contributed by atoms with E-state index in [0.717, 1.165) is 22.5 Å². The molecule has 0 aromatic heterocycles. The number of carbonyl (C=O) groups excluding carboxylic acids is 1. The summed E-state index contributed by atoms with van der Waals surface area (Å²) in [6.45, 7) is 18.7. The first kappa shape index (κ1) is 20.2. The van der Waals surface area contributed by atoms with Crippen LogP contribution < -0.4 is 15.1 Å². The molecule has 0 radical (unpaired) electrons. The van der Waals surface area contributed by atoms with Gasteiger partial charge in [0.05, 0.1) is 16.9 Å². The monoisotopic (exact) mass is 373 g/mol. The smallest absolute Gasteiger partial charge is 0.481 e. The summed E-state index contributed by atoms with van der Waals surface area (Å²) in [5.41, 5.74) is 1.80. The minimum Gasteiger partial charge on any atom is -0.481 e. The normalized spacial score (nSPS) is 21.5. The van der Waals surface area contributed by atoms with Crippen LogP contribution in [-0.4, -0.2) is 36.9 Å². The number of carbonyl (C=O) groups is 1. The molecule has 1 amide bonds. The molecule has 0 aliphatic carbocycles. The Bertz CT molecular complexity index is 748. The number of ether oxygens (including phenoxy) is 1. The topological polar surface area (TPSA) is 48.0 Å². The molecule has 0 N–H and O–H groups in total. The zero-order valence-electron chi connectivity index (χ0n) is 18.1. The van der Waals surface area contributed by atoms with Crippen LogP contribution in [0.15, 0.2) is 12.1 Å². The molecule has 148 valence electrons. The summed E-state index contributed by atoms with van der Waals surface area (Å²) < 4.78 is 18.4. The van der Waals surface area contributed by atoms with E-state index in [0.29, 0.717) is 0 Å². The lowest BCUT2D eigenvalue weighted by molar-refractivity contribution is -0.121. The quantitative estimate of drug-likeness (QED) is 0.746. The average molecular weight is 373 g/mol. The Morgan fingerprint density at radius 1 is 1.07 bits per heavy atom.